The van der Waals surface area contributed by atoms with E-state index in [1.807, 2.05) is 6.92 Å². The van der Waals surface area contributed by atoms with Gasteiger partial charge in [-0.3, -0.25) is 4.79 Å². The van der Waals surface area contributed by atoms with Gasteiger partial charge in [-0.2, -0.15) is 0 Å². The standard InChI is InChI=1S/C14H28N2O2/c1-3-4-5-10-16-14(17)11(2)18-13-8-6-12(15)7-9-13/h11-13H,3-10,15H2,1-2H3,(H,16,17). The molecule has 4 heteroatoms. The maximum Gasteiger partial charge on any atom is 0.248 e. The van der Waals surface area contributed by atoms with Crippen LogP contribution < -0.4 is 11.1 Å². The van der Waals surface area contributed by atoms with Gasteiger partial charge in [0.25, 0.3) is 0 Å². The Kier molecular flexibility index (Phi) is 7.28. The summed E-state index contributed by atoms with van der Waals surface area (Å²) >= 11 is 0. The number of unbranched alkanes of at least 4 members (excludes halogenated alkanes) is 2. The van der Waals surface area contributed by atoms with Gasteiger partial charge in [-0.05, 0) is 39.0 Å². The van der Waals surface area contributed by atoms with Crippen LogP contribution in [-0.2, 0) is 9.53 Å². The third-order valence-electron chi connectivity index (χ3n) is 3.56. The van der Waals surface area contributed by atoms with E-state index in [0.29, 0.717) is 6.04 Å². The molecule has 106 valence electrons. The summed E-state index contributed by atoms with van der Waals surface area (Å²) in [6.45, 7) is 4.75. The molecule has 1 aliphatic rings. The van der Waals surface area contributed by atoms with Gasteiger partial charge < -0.3 is 15.8 Å². The van der Waals surface area contributed by atoms with Gasteiger partial charge in [-0.15, -0.1) is 0 Å². The summed E-state index contributed by atoms with van der Waals surface area (Å²) in [6.07, 6.45) is 7.23. The van der Waals surface area contributed by atoms with E-state index in [-0.39, 0.29) is 18.1 Å². The maximum atomic E-state index is 11.8. The highest BCUT2D eigenvalue weighted by Crippen LogP contribution is 2.20. The van der Waals surface area contributed by atoms with Crippen LogP contribution in [0.25, 0.3) is 0 Å². The fourth-order valence-electron chi connectivity index (χ4n) is 2.31. The molecule has 0 aromatic carbocycles. The molecule has 1 fully saturated rings. The molecule has 0 spiro atoms. The van der Waals surface area contributed by atoms with Crippen molar-refractivity contribution >= 4 is 5.91 Å². The molecular weight excluding hydrogens is 228 g/mol. The van der Waals surface area contributed by atoms with Crippen LogP contribution in [0.5, 0.6) is 0 Å². The molecule has 1 aliphatic carbocycles. The summed E-state index contributed by atoms with van der Waals surface area (Å²) in [6, 6.07) is 0.322. The Morgan fingerprint density at radius 3 is 2.61 bits per heavy atom. The highest BCUT2D eigenvalue weighted by molar-refractivity contribution is 5.80. The number of rotatable bonds is 7. The quantitative estimate of drug-likeness (QED) is 0.684. The van der Waals surface area contributed by atoms with Crippen molar-refractivity contribution in [2.24, 2.45) is 5.73 Å². The van der Waals surface area contributed by atoms with E-state index in [1.54, 1.807) is 0 Å². The Morgan fingerprint density at radius 1 is 1.33 bits per heavy atom. The first-order valence-corrected chi connectivity index (χ1v) is 7.32. The Morgan fingerprint density at radius 2 is 2.00 bits per heavy atom. The van der Waals surface area contributed by atoms with Crippen molar-refractivity contribution in [3.8, 4) is 0 Å². The number of hydrogen-bond acceptors (Lipinski definition) is 3. The van der Waals surface area contributed by atoms with Crippen LogP contribution in [-0.4, -0.2) is 30.7 Å². The highest BCUT2D eigenvalue weighted by atomic mass is 16.5. The number of hydrogen-bond donors (Lipinski definition) is 2. The molecule has 3 N–H and O–H groups in total. The molecule has 0 aromatic heterocycles. The molecule has 0 radical (unpaired) electrons. The molecule has 1 rings (SSSR count). The summed E-state index contributed by atoms with van der Waals surface area (Å²) in [7, 11) is 0. The zero-order valence-corrected chi connectivity index (χ0v) is 11.8. The molecular formula is C14H28N2O2. The number of nitrogens with one attached hydrogen (secondary N) is 1. The van der Waals surface area contributed by atoms with Gasteiger partial charge in [0, 0.05) is 12.6 Å². The smallest absolute Gasteiger partial charge is 0.248 e. The van der Waals surface area contributed by atoms with Gasteiger partial charge in [0.05, 0.1) is 6.10 Å². The van der Waals surface area contributed by atoms with E-state index in [0.717, 1.165) is 45.1 Å². The minimum absolute atomic E-state index is 0.0148. The van der Waals surface area contributed by atoms with Gasteiger partial charge in [-0.25, -0.2) is 0 Å². The topological polar surface area (TPSA) is 64.3 Å². The molecule has 1 atom stereocenters. The third-order valence-corrected chi connectivity index (χ3v) is 3.56. The second kappa shape index (κ2) is 8.48. The second-order valence-corrected chi connectivity index (χ2v) is 5.31. The van der Waals surface area contributed by atoms with Crippen molar-refractivity contribution in [3.63, 3.8) is 0 Å². The minimum atomic E-state index is -0.342. The summed E-state index contributed by atoms with van der Waals surface area (Å²) in [5.41, 5.74) is 5.85. The van der Waals surface area contributed by atoms with E-state index in [1.165, 1.54) is 6.42 Å². The fraction of sp³-hybridized carbons (Fsp3) is 0.929. The van der Waals surface area contributed by atoms with Crippen LogP contribution in [0, 0.1) is 0 Å². The average molecular weight is 256 g/mol. The van der Waals surface area contributed by atoms with Crippen molar-refractivity contribution in [2.45, 2.75) is 77.0 Å². The van der Waals surface area contributed by atoms with E-state index in [9.17, 15) is 4.79 Å². The van der Waals surface area contributed by atoms with E-state index in [4.69, 9.17) is 10.5 Å². The Labute approximate surface area is 111 Å². The Hall–Kier alpha value is -0.610. The molecule has 0 heterocycles. The van der Waals surface area contributed by atoms with Crippen LogP contribution in [0.1, 0.15) is 58.8 Å². The van der Waals surface area contributed by atoms with Crippen LogP contribution >= 0.6 is 0 Å². The summed E-state index contributed by atoms with van der Waals surface area (Å²) in [5, 5.41) is 2.93. The number of carbonyl (C=O) groups excluding carboxylic acids is 1. The van der Waals surface area contributed by atoms with Gasteiger partial charge in [0.1, 0.15) is 6.10 Å². The lowest BCUT2D eigenvalue weighted by atomic mass is 9.93. The molecule has 0 aliphatic heterocycles. The predicted octanol–water partition coefficient (Wildman–Crippen LogP) is 1.97. The number of nitrogens with two attached hydrogens (primary N) is 1. The molecule has 4 nitrogen and oxygen atoms in total. The first-order valence-electron chi connectivity index (χ1n) is 7.32. The zero-order valence-electron chi connectivity index (χ0n) is 11.8. The Bertz CT molecular complexity index is 238. The SMILES string of the molecule is CCCCCNC(=O)C(C)OC1CCC(N)CC1. The number of amides is 1. The lowest BCUT2D eigenvalue weighted by Gasteiger charge is -2.28. The first kappa shape index (κ1) is 15.4. The van der Waals surface area contributed by atoms with Crippen molar-refractivity contribution in [2.75, 3.05) is 6.54 Å². The number of carbonyl (C=O) groups is 1. The van der Waals surface area contributed by atoms with Crippen molar-refractivity contribution in [3.05, 3.63) is 0 Å². The van der Waals surface area contributed by atoms with Gasteiger partial charge in [0.15, 0.2) is 0 Å². The summed E-state index contributed by atoms with van der Waals surface area (Å²) in [4.78, 5) is 11.8. The molecule has 1 unspecified atom stereocenters. The maximum absolute atomic E-state index is 11.8. The van der Waals surface area contributed by atoms with E-state index < -0.39 is 0 Å². The van der Waals surface area contributed by atoms with Crippen LogP contribution in [0.3, 0.4) is 0 Å². The molecule has 0 bridgehead atoms. The van der Waals surface area contributed by atoms with E-state index in [2.05, 4.69) is 12.2 Å². The lowest BCUT2D eigenvalue weighted by Crippen LogP contribution is -2.39. The van der Waals surface area contributed by atoms with Crippen molar-refractivity contribution in [1.29, 1.82) is 0 Å². The fourth-order valence-corrected chi connectivity index (χ4v) is 2.31. The van der Waals surface area contributed by atoms with Crippen LogP contribution in [0.4, 0.5) is 0 Å². The molecule has 18 heavy (non-hydrogen) atoms. The second-order valence-electron chi connectivity index (χ2n) is 5.31. The molecule has 0 aromatic rings. The van der Waals surface area contributed by atoms with Crippen LogP contribution in [0.15, 0.2) is 0 Å². The van der Waals surface area contributed by atoms with Gasteiger partial charge >= 0.3 is 0 Å². The van der Waals surface area contributed by atoms with E-state index >= 15 is 0 Å². The predicted molar refractivity (Wildman–Crippen MR) is 73.3 cm³/mol. The van der Waals surface area contributed by atoms with Gasteiger partial charge in [-0.1, -0.05) is 19.8 Å². The first-order chi connectivity index (χ1) is 8.63. The summed E-state index contributed by atoms with van der Waals surface area (Å²) in [5.74, 6) is 0.0148. The largest absolute Gasteiger partial charge is 0.365 e. The number of ether oxygens (including phenoxy) is 1. The van der Waals surface area contributed by atoms with Gasteiger partial charge in [0.2, 0.25) is 5.91 Å². The average Bonchev–Trinajstić information content (AvgIpc) is 2.37. The van der Waals surface area contributed by atoms with Crippen LogP contribution in [0.2, 0.25) is 0 Å². The van der Waals surface area contributed by atoms with Crippen molar-refractivity contribution in [1.82, 2.24) is 5.32 Å². The summed E-state index contributed by atoms with van der Waals surface area (Å²) < 4.78 is 5.79. The highest BCUT2D eigenvalue weighted by Gasteiger charge is 2.23. The lowest BCUT2D eigenvalue weighted by molar-refractivity contribution is -0.136. The third kappa shape index (κ3) is 5.83. The normalized spacial score (nSPS) is 25.7. The Balaban J connectivity index is 2.14. The zero-order chi connectivity index (χ0) is 13.4. The monoisotopic (exact) mass is 256 g/mol. The molecule has 1 amide bonds. The minimum Gasteiger partial charge on any atom is -0.365 e. The van der Waals surface area contributed by atoms with Crippen molar-refractivity contribution < 1.29 is 9.53 Å². The molecule has 1 saturated carbocycles. The molecule has 0 saturated heterocycles.